The zero-order chi connectivity index (χ0) is 25.9. The topological polar surface area (TPSA) is 70.1 Å². The second-order valence-electron chi connectivity index (χ2n) is 10.9. The Balaban J connectivity index is 1.44. The first-order valence-corrected chi connectivity index (χ1v) is 13.0. The average molecular weight is 511 g/mol. The van der Waals surface area contributed by atoms with Crippen LogP contribution in [0, 0.1) is 17.3 Å². The molecule has 9 heteroatoms. The minimum atomic E-state index is -4.94. The second-order valence-corrected chi connectivity index (χ2v) is 10.9. The molecule has 3 fully saturated rings. The van der Waals surface area contributed by atoms with Crippen LogP contribution in [0.1, 0.15) is 56.4 Å². The van der Waals surface area contributed by atoms with Crippen molar-refractivity contribution in [2.75, 3.05) is 40.0 Å². The highest BCUT2D eigenvalue weighted by molar-refractivity contribution is 5.83. The Morgan fingerprint density at radius 3 is 2.31 bits per heavy atom. The van der Waals surface area contributed by atoms with Crippen molar-refractivity contribution in [1.82, 2.24) is 9.80 Å². The Bertz CT molecular complexity index is 894. The highest BCUT2D eigenvalue weighted by Gasteiger charge is 2.54. The normalized spacial score (nSPS) is 28.0. The number of hydrogen-bond acceptors (Lipinski definition) is 4. The molecule has 36 heavy (non-hydrogen) atoms. The number of nitrogens with zero attached hydrogens (tertiary/aromatic N) is 2. The number of hydrogen-bond donors (Lipinski definition) is 1. The molecule has 1 N–H and O–H groups in total. The number of amides is 2. The van der Waals surface area contributed by atoms with Gasteiger partial charge in [-0.1, -0.05) is 30.3 Å². The van der Waals surface area contributed by atoms with E-state index >= 15 is 0 Å². The third-order valence-corrected chi connectivity index (χ3v) is 8.43. The number of aliphatic hydroxyl groups is 1. The van der Waals surface area contributed by atoms with Gasteiger partial charge in [0, 0.05) is 56.6 Å². The maximum Gasteiger partial charge on any atom is 0.471 e. The largest absolute Gasteiger partial charge is 0.471 e. The van der Waals surface area contributed by atoms with E-state index in [1.165, 1.54) is 7.11 Å². The molecule has 1 aromatic rings. The molecule has 1 heterocycles. The molecular formula is C27H37F3N2O4. The number of rotatable bonds is 8. The van der Waals surface area contributed by atoms with Gasteiger partial charge in [-0.15, -0.1) is 0 Å². The van der Waals surface area contributed by atoms with E-state index in [-0.39, 0.29) is 43.4 Å². The van der Waals surface area contributed by atoms with Crippen LogP contribution in [0.15, 0.2) is 30.3 Å². The van der Waals surface area contributed by atoms with Gasteiger partial charge in [0.15, 0.2) is 0 Å². The number of benzene rings is 1. The number of carbonyl (C=O) groups is 2. The van der Waals surface area contributed by atoms with Crippen LogP contribution in [0.25, 0.3) is 0 Å². The van der Waals surface area contributed by atoms with E-state index in [0.717, 1.165) is 36.1 Å². The third kappa shape index (κ3) is 6.05. The number of alkyl halides is 3. The summed E-state index contributed by atoms with van der Waals surface area (Å²) in [5.41, 5.74) is 0.310. The van der Waals surface area contributed by atoms with E-state index in [9.17, 15) is 27.9 Å². The van der Waals surface area contributed by atoms with E-state index in [4.69, 9.17) is 4.74 Å². The predicted molar refractivity (Wildman–Crippen MR) is 128 cm³/mol. The molecule has 3 aliphatic rings. The Morgan fingerprint density at radius 2 is 1.75 bits per heavy atom. The molecule has 2 atom stereocenters. The van der Waals surface area contributed by atoms with Gasteiger partial charge < -0.3 is 19.6 Å². The summed E-state index contributed by atoms with van der Waals surface area (Å²) in [4.78, 5) is 28.5. The van der Waals surface area contributed by atoms with Gasteiger partial charge in [-0.3, -0.25) is 9.59 Å². The molecule has 200 valence electrons. The van der Waals surface area contributed by atoms with Crippen LogP contribution in [-0.2, 0) is 14.3 Å². The summed E-state index contributed by atoms with van der Waals surface area (Å²) in [6.45, 7) is 1.26. The molecule has 0 radical (unpaired) electrons. The van der Waals surface area contributed by atoms with E-state index in [0.29, 0.717) is 32.4 Å². The van der Waals surface area contributed by atoms with Crippen molar-refractivity contribution in [3.63, 3.8) is 0 Å². The van der Waals surface area contributed by atoms with Gasteiger partial charge in [0.05, 0.1) is 6.61 Å². The summed E-state index contributed by atoms with van der Waals surface area (Å²) in [7, 11) is 1.53. The van der Waals surface area contributed by atoms with Crippen LogP contribution < -0.4 is 0 Å². The first kappa shape index (κ1) is 26.9. The minimum absolute atomic E-state index is 0.0309. The second kappa shape index (κ2) is 11.1. The maximum absolute atomic E-state index is 13.6. The van der Waals surface area contributed by atoms with Gasteiger partial charge in [-0.05, 0) is 56.4 Å². The molecule has 1 aliphatic heterocycles. The van der Waals surface area contributed by atoms with Crippen LogP contribution >= 0.6 is 0 Å². The number of likely N-dealkylation sites (tertiary alicyclic amines) is 1. The molecular weight excluding hydrogens is 473 g/mol. The van der Waals surface area contributed by atoms with Crippen molar-refractivity contribution < 1.29 is 32.6 Å². The van der Waals surface area contributed by atoms with E-state index < -0.39 is 23.5 Å². The Kier molecular flexibility index (Phi) is 8.29. The number of aliphatic hydroxyl groups excluding tert-OH is 1. The summed E-state index contributed by atoms with van der Waals surface area (Å²) in [6.07, 6.45) is -0.246. The lowest BCUT2D eigenvalue weighted by Crippen LogP contribution is -2.54. The fourth-order valence-electron chi connectivity index (χ4n) is 6.15. The predicted octanol–water partition coefficient (Wildman–Crippen LogP) is 3.99. The third-order valence-electron chi connectivity index (χ3n) is 8.43. The summed E-state index contributed by atoms with van der Waals surface area (Å²) < 4.78 is 46.3. The van der Waals surface area contributed by atoms with Crippen molar-refractivity contribution in [3.05, 3.63) is 35.9 Å². The van der Waals surface area contributed by atoms with Crippen molar-refractivity contribution in [2.24, 2.45) is 17.3 Å². The van der Waals surface area contributed by atoms with Crippen LogP contribution in [0.3, 0.4) is 0 Å². The van der Waals surface area contributed by atoms with Crippen LogP contribution in [0.2, 0.25) is 0 Å². The molecule has 0 aromatic heterocycles. The van der Waals surface area contributed by atoms with Crippen LogP contribution in [0.5, 0.6) is 0 Å². The van der Waals surface area contributed by atoms with Gasteiger partial charge in [-0.25, -0.2) is 0 Å². The summed E-state index contributed by atoms with van der Waals surface area (Å²) in [5.74, 6) is -1.58. The number of methoxy groups -OCH3 is 1. The van der Waals surface area contributed by atoms with Gasteiger partial charge in [0.2, 0.25) is 5.91 Å². The zero-order valence-corrected chi connectivity index (χ0v) is 20.9. The van der Waals surface area contributed by atoms with Gasteiger partial charge in [-0.2, -0.15) is 13.2 Å². The van der Waals surface area contributed by atoms with Crippen molar-refractivity contribution >= 4 is 11.8 Å². The summed E-state index contributed by atoms with van der Waals surface area (Å²) in [6, 6.07) is 8.87. The smallest absolute Gasteiger partial charge is 0.396 e. The highest BCUT2D eigenvalue weighted by atomic mass is 19.4. The molecule has 0 spiro atoms. The van der Waals surface area contributed by atoms with Gasteiger partial charge in [0.1, 0.15) is 0 Å². The van der Waals surface area contributed by atoms with E-state index in [1.54, 1.807) is 0 Å². The standard InChI is InChI=1S/C27H37F3N2O4/c1-36-18-26(11-13-31(14-12-26)24(34)21-9-7-19(16-33)8-10-21)17-32(25(35)27(28,29)30)23-15-22(23)20-5-3-2-4-6-20/h2-6,19,21-23,33H,7-18H2,1H3/t19?,21?,22-,23+/m0/s1. The Morgan fingerprint density at radius 1 is 1.11 bits per heavy atom. The summed E-state index contributed by atoms with van der Waals surface area (Å²) >= 11 is 0. The van der Waals surface area contributed by atoms with E-state index in [2.05, 4.69) is 0 Å². The maximum atomic E-state index is 13.6. The molecule has 1 aromatic carbocycles. The molecule has 0 unspecified atom stereocenters. The van der Waals surface area contributed by atoms with Crippen molar-refractivity contribution in [3.8, 4) is 0 Å². The first-order valence-electron chi connectivity index (χ1n) is 13.0. The minimum Gasteiger partial charge on any atom is -0.396 e. The number of carbonyl (C=O) groups excluding carboxylic acids is 2. The Labute approximate surface area is 210 Å². The highest BCUT2D eigenvalue weighted by Crippen LogP contribution is 2.48. The van der Waals surface area contributed by atoms with E-state index in [1.807, 2.05) is 35.2 Å². The van der Waals surface area contributed by atoms with Gasteiger partial charge in [0.25, 0.3) is 0 Å². The molecule has 2 amide bonds. The quantitative estimate of drug-likeness (QED) is 0.574. The van der Waals surface area contributed by atoms with Crippen LogP contribution in [0.4, 0.5) is 13.2 Å². The molecule has 2 saturated carbocycles. The van der Waals surface area contributed by atoms with Crippen LogP contribution in [-0.4, -0.2) is 78.9 Å². The number of ether oxygens (including phenoxy) is 1. The lowest BCUT2D eigenvalue weighted by Gasteiger charge is -2.45. The first-order chi connectivity index (χ1) is 17.2. The summed E-state index contributed by atoms with van der Waals surface area (Å²) in [5, 5.41) is 9.35. The molecule has 6 nitrogen and oxygen atoms in total. The van der Waals surface area contributed by atoms with Gasteiger partial charge >= 0.3 is 12.1 Å². The fourth-order valence-corrected chi connectivity index (χ4v) is 6.15. The SMILES string of the molecule is COCC1(CN(C(=O)C(F)(F)F)[C@@H]2C[C@H]2c2ccccc2)CCN(C(=O)C2CCC(CO)CC2)CC1. The molecule has 2 aliphatic carbocycles. The molecule has 1 saturated heterocycles. The number of halogens is 3. The molecule has 0 bridgehead atoms. The lowest BCUT2D eigenvalue weighted by atomic mass is 9.77. The van der Waals surface area contributed by atoms with Crippen molar-refractivity contribution in [2.45, 2.75) is 63.1 Å². The Hall–Kier alpha value is -2.13. The zero-order valence-electron chi connectivity index (χ0n) is 20.9. The monoisotopic (exact) mass is 510 g/mol. The average Bonchev–Trinajstić information content (AvgIpc) is 3.68. The lowest BCUT2D eigenvalue weighted by molar-refractivity contribution is -0.189. The van der Waals surface area contributed by atoms with Crippen molar-refractivity contribution in [1.29, 1.82) is 0 Å². The molecule has 4 rings (SSSR count). The fraction of sp³-hybridized carbons (Fsp3) is 0.704. The number of piperidine rings is 1.